The highest BCUT2D eigenvalue weighted by molar-refractivity contribution is 5.99. The van der Waals surface area contributed by atoms with Crippen molar-refractivity contribution in [3.8, 4) is 11.5 Å². The first-order chi connectivity index (χ1) is 12.3. The van der Waals surface area contributed by atoms with E-state index in [-0.39, 0.29) is 29.1 Å². The molecule has 2 N–H and O–H groups in total. The number of carbonyl (C=O) groups is 1. The predicted octanol–water partition coefficient (Wildman–Crippen LogP) is 6.05. The second-order valence-corrected chi connectivity index (χ2v) is 7.74. The summed E-state index contributed by atoms with van der Waals surface area (Å²) < 4.78 is 0. The van der Waals surface area contributed by atoms with E-state index in [1.165, 1.54) is 12.5 Å². The molecule has 0 bridgehead atoms. The average Bonchev–Trinajstić information content (AvgIpc) is 2.54. The Morgan fingerprint density at radius 3 is 2.54 bits per heavy atom. The number of ketones is 1. The second kappa shape index (κ2) is 8.57. The van der Waals surface area contributed by atoms with Crippen LogP contribution in [0.1, 0.15) is 87.2 Å². The zero-order valence-corrected chi connectivity index (χ0v) is 16.6. The molecular formula is C23H32O3. The minimum absolute atomic E-state index is 0.0498. The van der Waals surface area contributed by atoms with Crippen molar-refractivity contribution in [1.29, 1.82) is 0 Å². The van der Waals surface area contributed by atoms with E-state index in [2.05, 4.69) is 26.5 Å². The summed E-state index contributed by atoms with van der Waals surface area (Å²) in [6, 6.07) is 1.69. The van der Waals surface area contributed by atoms with Gasteiger partial charge in [0.15, 0.2) is 5.78 Å². The number of rotatable bonds is 7. The molecule has 1 aromatic carbocycles. The summed E-state index contributed by atoms with van der Waals surface area (Å²) in [5, 5.41) is 21.7. The predicted molar refractivity (Wildman–Crippen MR) is 107 cm³/mol. The molecule has 0 unspecified atom stereocenters. The molecule has 0 saturated carbocycles. The van der Waals surface area contributed by atoms with Crippen LogP contribution in [0.3, 0.4) is 0 Å². The highest BCUT2D eigenvalue weighted by Gasteiger charge is 2.32. The smallest absolute Gasteiger partial charge is 0.163 e. The summed E-state index contributed by atoms with van der Waals surface area (Å²) in [6.07, 6.45) is 7.80. The molecule has 0 fully saturated rings. The maximum atomic E-state index is 12.3. The Hall–Kier alpha value is -2.03. The van der Waals surface area contributed by atoms with Crippen molar-refractivity contribution in [3.05, 3.63) is 46.6 Å². The zero-order chi connectivity index (χ0) is 19.4. The maximum Gasteiger partial charge on any atom is 0.163 e. The molecule has 2 atom stereocenters. The standard InChI is InChI=1S/C23H32O3/c1-6-7-8-9-17-13-20(25)22(23(26)21(17)16(5)24)19-12-15(4)10-11-18(19)14(2)3/h12-13,18-19,25-26H,2,6-11H2,1,3-5H3/t18-,19+/m0/s1. The van der Waals surface area contributed by atoms with Crippen molar-refractivity contribution in [1.82, 2.24) is 0 Å². The van der Waals surface area contributed by atoms with E-state index in [1.807, 2.05) is 6.92 Å². The minimum atomic E-state index is -0.154. The monoisotopic (exact) mass is 356 g/mol. The van der Waals surface area contributed by atoms with Crippen molar-refractivity contribution >= 4 is 5.78 Å². The topological polar surface area (TPSA) is 57.5 Å². The summed E-state index contributed by atoms with van der Waals surface area (Å²) in [5.74, 6) is -0.115. The van der Waals surface area contributed by atoms with Gasteiger partial charge in [-0.15, -0.1) is 0 Å². The van der Waals surface area contributed by atoms with Crippen LogP contribution in [0.15, 0.2) is 29.9 Å². The Kier molecular flexibility index (Phi) is 6.69. The lowest BCUT2D eigenvalue weighted by atomic mass is 9.73. The summed E-state index contributed by atoms with van der Waals surface area (Å²) >= 11 is 0. The van der Waals surface area contributed by atoms with Crippen LogP contribution < -0.4 is 0 Å². The van der Waals surface area contributed by atoms with E-state index in [1.54, 1.807) is 6.07 Å². The van der Waals surface area contributed by atoms with Crippen molar-refractivity contribution in [2.75, 3.05) is 0 Å². The molecule has 0 radical (unpaired) electrons. The fourth-order valence-electron chi connectivity index (χ4n) is 4.11. The first kappa shape index (κ1) is 20.3. The second-order valence-electron chi connectivity index (χ2n) is 7.74. The van der Waals surface area contributed by atoms with E-state index in [0.717, 1.165) is 43.2 Å². The zero-order valence-electron chi connectivity index (χ0n) is 16.6. The normalized spacial score (nSPS) is 19.9. The van der Waals surface area contributed by atoms with Crippen LogP contribution in [0.5, 0.6) is 11.5 Å². The van der Waals surface area contributed by atoms with Crippen LogP contribution in [0.4, 0.5) is 0 Å². The molecule has 1 aromatic rings. The van der Waals surface area contributed by atoms with Gasteiger partial charge < -0.3 is 10.2 Å². The number of carbonyl (C=O) groups excluding carboxylic acids is 1. The molecule has 0 saturated heterocycles. The van der Waals surface area contributed by atoms with E-state index in [4.69, 9.17) is 0 Å². The number of phenolic OH excluding ortho intramolecular Hbond substituents is 2. The van der Waals surface area contributed by atoms with Crippen molar-refractivity contribution in [2.45, 2.75) is 72.1 Å². The highest BCUT2D eigenvalue weighted by Crippen LogP contribution is 2.48. The molecular weight excluding hydrogens is 324 g/mol. The summed E-state index contributed by atoms with van der Waals surface area (Å²) in [5.41, 5.74) is 3.86. The third-order valence-corrected chi connectivity index (χ3v) is 5.52. The minimum Gasteiger partial charge on any atom is -0.507 e. The number of aromatic hydroxyl groups is 2. The molecule has 0 aromatic heterocycles. The Bertz CT molecular complexity index is 727. The molecule has 3 nitrogen and oxygen atoms in total. The Balaban J connectivity index is 2.58. The van der Waals surface area contributed by atoms with Gasteiger partial charge in [0.2, 0.25) is 0 Å². The third-order valence-electron chi connectivity index (χ3n) is 5.52. The van der Waals surface area contributed by atoms with Crippen molar-refractivity contribution < 1.29 is 15.0 Å². The van der Waals surface area contributed by atoms with E-state index >= 15 is 0 Å². The largest absolute Gasteiger partial charge is 0.507 e. The molecule has 1 aliphatic rings. The fraction of sp³-hybridized carbons (Fsp3) is 0.522. The summed E-state index contributed by atoms with van der Waals surface area (Å²) in [7, 11) is 0. The van der Waals surface area contributed by atoms with Crippen LogP contribution in [0.2, 0.25) is 0 Å². The third kappa shape index (κ3) is 4.20. The lowest BCUT2D eigenvalue weighted by Gasteiger charge is -2.32. The van der Waals surface area contributed by atoms with Gasteiger partial charge in [-0.2, -0.15) is 0 Å². The van der Waals surface area contributed by atoms with Crippen LogP contribution in [0.25, 0.3) is 0 Å². The van der Waals surface area contributed by atoms with Gasteiger partial charge in [0, 0.05) is 11.5 Å². The van der Waals surface area contributed by atoms with Gasteiger partial charge in [-0.25, -0.2) is 0 Å². The van der Waals surface area contributed by atoms with Crippen molar-refractivity contribution in [3.63, 3.8) is 0 Å². The Morgan fingerprint density at radius 1 is 1.27 bits per heavy atom. The lowest BCUT2D eigenvalue weighted by Crippen LogP contribution is -2.18. The van der Waals surface area contributed by atoms with Gasteiger partial charge in [-0.3, -0.25) is 4.79 Å². The lowest BCUT2D eigenvalue weighted by molar-refractivity contribution is 0.101. The quantitative estimate of drug-likeness (QED) is 0.355. The fourth-order valence-corrected chi connectivity index (χ4v) is 4.11. The van der Waals surface area contributed by atoms with E-state index in [0.29, 0.717) is 17.5 Å². The SMILES string of the molecule is C=C(C)[C@@H]1CCC(C)=C[C@H]1c1c(O)cc(CCCCC)c(C(C)=O)c1O. The summed E-state index contributed by atoms with van der Waals surface area (Å²) in [6.45, 7) is 11.8. The molecule has 0 heterocycles. The molecule has 1 aliphatic carbocycles. The first-order valence-corrected chi connectivity index (χ1v) is 9.69. The van der Waals surface area contributed by atoms with Crippen LogP contribution in [0, 0.1) is 5.92 Å². The molecule has 26 heavy (non-hydrogen) atoms. The number of Topliss-reactive ketones (excluding diaryl/α,β-unsaturated/α-hetero) is 1. The van der Waals surface area contributed by atoms with Crippen LogP contribution >= 0.6 is 0 Å². The summed E-state index contributed by atoms with van der Waals surface area (Å²) in [4.78, 5) is 12.3. The number of benzene rings is 1. The highest BCUT2D eigenvalue weighted by atomic mass is 16.3. The van der Waals surface area contributed by atoms with Gasteiger partial charge in [-0.1, -0.05) is 43.6 Å². The molecule has 3 heteroatoms. The Morgan fingerprint density at radius 2 is 1.96 bits per heavy atom. The number of hydrogen-bond acceptors (Lipinski definition) is 3. The van der Waals surface area contributed by atoms with Gasteiger partial charge in [0.25, 0.3) is 0 Å². The maximum absolute atomic E-state index is 12.3. The molecule has 142 valence electrons. The number of aryl methyl sites for hydroxylation is 1. The number of phenols is 2. The molecule has 2 rings (SSSR count). The van der Waals surface area contributed by atoms with Crippen molar-refractivity contribution in [2.24, 2.45) is 5.92 Å². The first-order valence-electron chi connectivity index (χ1n) is 9.69. The average molecular weight is 357 g/mol. The number of allylic oxidation sites excluding steroid dienone is 3. The molecule has 0 amide bonds. The van der Waals surface area contributed by atoms with Crippen LogP contribution in [-0.2, 0) is 6.42 Å². The van der Waals surface area contributed by atoms with Crippen LogP contribution in [-0.4, -0.2) is 16.0 Å². The van der Waals surface area contributed by atoms with Gasteiger partial charge in [0.1, 0.15) is 11.5 Å². The van der Waals surface area contributed by atoms with Gasteiger partial charge >= 0.3 is 0 Å². The van der Waals surface area contributed by atoms with E-state index in [9.17, 15) is 15.0 Å². The number of unbranched alkanes of at least 4 members (excludes halogenated alkanes) is 2. The van der Waals surface area contributed by atoms with E-state index < -0.39 is 0 Å². The van der Waals surface area contributed by atoms with Gasteiger partial charge in [-0.05, 0) is 64.0 Å². The van der Waals surface area contributed by atoms with Gasteiger partial charge in [0.05, 0.1) is 5.56 Å². The molecule has 0 aliphatic heterocycles. The number of hydrogen-bond donors (Lipinski definition) is 2. The molecule has 0 spiro atoms. The Labute approximate surface area is 157 Å².